The van der Waals surface area contributed by atoms with Gasteiger partial charge in [0, 0.05) is 37.9 Å². The third-order valence-electron chi connectivity index (χ3n) is 6.94. The molecule has 1 aliphatic carbocycles. The quantitative estimate of drug-likeness (QED) is 0.712. The van der Waals surface area contributed by atoms with Crippen LogP contribution in [0.25, 0.3) is 0 Å². The largest absolute Gasteiger partial charge is 0.342 e. The molecule has 2 amide bonds. The van der Waals surface area contributed by atoms with Crippen molar-refractivity contribution >= 4 is 29.5 Å². The van der Waals surface area contributed by atoms with E-state index in [1.807, 2.05) is 11.1 Å². The van der Waals surface area contributed by atoms with E-state index in [1.54, 1.807) is 16.8 Å². The summed E-state index contributed by atoms with van der Waals surface area (Å²) < 4.78 is 0. The Hall–Kier alpha value is -3.17. The number of rotatable bonds is 5. The molecule has 33 heavy (non-hydrogen) atoms. The van der Waals surface area contributed by atoms with E-state index in [0.29, 0.717) is 30.9 Å². The van der Waals surface area contributed by atoms with Crippen LogP contribution in [-0.4, -0.2) is 80.8 Å². The lowest BCUT2D eigenvalue weighted by Gasteiger charge is -2.35. The van der Waals surface area contributed by atoms with Crippen molar-refractivity contribution in [3.05, 3.63) is 23.1 Å². The SMILES string of the molecule is CC(C)c1cnc(Nc2nc(N3CCC[C@@H]3C(=O)N3CCN(C)C(=O)C3)nc3c2CCC3)[nH]1. The molecular formula is C23H32N8O2. The van der Waals surface area contributed by atoms with E-state index in [1.165, 1.54) is 0 Å². The van der Waals surface area contributed by atoms with Gasteiger partial charge >= 0.3 is 0 Å². The van der Waals surface area contributed by atoms with Crippen molar-refractivity contribution in [2.24, 2.45) is 0 Å². The molecule has 176 valence electrons. The standard InChI is InChI=1S/C23H32N8O2/c1-14(2)17-12-24-22(25-17)27-20-15-6-4-7-16(15)26-23(28-20)31-9-5-8-18(31)21(33)30-11-10-29(3)19(32)13-30/h12,14,18H,4-11,13H2,1-3H3,(H2,24,25,26,27,28)/t18-/m1/s1. The number of fused-ring (bicyclic) bond motifs is 1. The van der Waals surface area contributed by atoms with E-state index in [-0.39, 0.29) is 24.4 Å². The van der Waals surface area contributed by atoms with E-state index in [0.717, 1.165) is 61.4 Å². The Morgan fingerprint density at radius 2 is 2.03 bits per heavy atom. The molecule has 10 nitrogen and oxygen atoms in total. The summed E-state index contributed by atoms with van der Waals surface area (Å²) in [5.41, 5.74) is 3.24. The molecule has 0 spiro atoms. The summed E-state index contributed by atoms with van der Waals surface area (Å²) in [7, 11) is 1.78. The first-order chi connectivity index (χ1) is 15.9. The first-order valence-electron chi connectivity index (χ1n) is 11.9. The van der Waals surface area contributed by atoms with Crippen molar-refractivity contribution in [2.45, 2.75) is 57.9 Å². The van der Waals surface area contributed by atoms with Crippen LogP contribution in [-0.2, 0) is 22.4 Å². The Bertz CT molecular complexity index is 1060. The van der Waals surface area contributed by atoms with E-state index in [4.69, 9.17) is 9.97 Å². The zero-order chi connectivity index (χ0) is 23.1. The summed E-state index contributed by atoms with van der Waals surface area (Å²) in [5.74, 6) is 2.37. The molecule has 10 heteroatoms. The van der Waals surface area contributed by atoms with E-state index >= 15 is 0 Å². The van der Waals surface area contributed by atoms with Crippen LogP contribution < -0.4 is 10.2 Å². The number of aryl methyl sites for hydroxylation is 1. The lowest BCUT2D eigenvalue weighted by molar-refractivity contribution is -0.144. The number of imidazole rings is 1. The fourth-order valence-electron chi connectivity index (χ4n) is 4.88. The second kappa shape index (κ2) is 8.64. The lowest BCUT2D eigenvalue weighted by atomic mass is 10.1. The van der Waals surface area contributed by atoms with Gasteiger partial charge in [-0.15, -0.1) is 0 Å². The van der Waals surface area contributed by atoms with Crippen LogP contribution >= 0.6 is 0 Å². The Morgan fingerprint density at radius 1 is 1.18 bits per heavy atom. The summed E-state index contributed by atoms with van der Waals surface area (Å²) in [5, 5.41) is 3.37. The molecular weight excluding hydrogens is 420 g/mol. The lowest BCUT2D eigenvalue weighted by Crippen LogP contribution is -2.55. The predicted octanol–water partition coefficient (Wildman–Crippen LogP) is 1.82. The van der Waals surface area contributed by atoms with Gasteiger partial charge in [0.05, 0.1) is 18.4 Å². The Balaban J connectivity index is 1.40. The van der Waals surface area contributed by atoms with Crippen LogP contribution in [0.3, 0.4) is 0 Å². The molecule has 3 aliphatic rings. The molecule has 2 saturated heterocycles. The van der Waals surface area contributed by atoms with Gasteiger partial charge in [0.25, 0.3) is 0 Å². The van der Waals surface area contributed by atoms with Crippen LogP contribution in [0.4, 0.5) is 17.7 Å². The van der Waals surface area contributed by atoms with E-state index in [2.05, 4.69) is 29.1 Å². The highest BCUT2D eigenvalue weighted by Gasteiger charge is 2.38. The van der Waals surface area contributed by atoms with Gasteiger partial charge < -0.3 is 25.0 Å². The minimum Gasteiger partial charge on any atom is -0.342 e. The zero-order valence-corrected chi connectivity index (χ0v) is 19.6. The monoisotopic (exact) mass is 452 g/mol. The van der Waals surface area contributed by atoms with Gasteiger partial charge in [0.15, 0.2) is 0 Å². The van der Waals surface area contributed by atoms with Crippen LogP contribution in [0.2, 0.25) is 0 Å². The number of anilines is 3. The van der Waals surface area contributed by atoms with Gasteiger partial charge in [-0.05, 0) is 38.0 Å². The zero-order valence-electron chi connectivity index (χ0n) is 19.6. The number of nitrogens with zero attached hydrogens (tertiary/aromatic N) is 6. The number of nitrogens with one attached hydrogen (secondary N) is 2. The first kappa shape index (κ1) is 21.7. The van der Waals surface area contributed by atoms with Crippen molar-refractivity contribution in [3.63, 3.8) is 0 Å². The number of carbonyl (C=O) groups excluding carboxylic acids is 2. The predicted molar refractivity (Wildman–Crippen MR) is 125 cm³/mol. The molecule has 2 fully saturated rings. The molecule has 1 atom stereocenters. The van der Waals surface area contributed by atoms with Gasteiger partial charge in [0.2, 0.25) is 23.7 Å². The number of hydrogen-bond donors (Lipinski definition) is 2. The molecule has 2 aliphatic heterocycles. The Morgan fingerprint density at radius 3 is 2.79 bits per heavy atom. The van der Waals surface area contributed by atoms with Crippen molar-refractivity contribution < 1.29 is 9.59 Å². The van der Waals surface area contributed by atoms with Crippen LogP contribution in [0.15, 0.2) is 6.20 Å². The average molecular weight is 453 g/mol. The first-order valence-corrected chi connectivity index (χ1v) is 11.9. The Kier molecular flexibility index (Phi) is 5.67. The summed E-state index contributed by atoms with van der Waals surface area (Å²) >= 11 is 0. The highest BCUT2D eigenvalue weighted by Crippen LogP contribution is 2.33. The number of piperazine rings is 1. The highest BCUT2D eigenvalue weighted by atomic mass is 16.2. The molecule has 0 aromatic carbocycles. The van der Waals surface area contributed by atoms with Crippen LogP contribution in [0, 0.1) is 0 Å². The van der Waals surface area contributed by atoms with Gasteiger partial charge in [0.1, 0.15) is 11.9 Å². The minimum atomic E-state index is -0.329. The van der Waals surface area contributed by atoms with E-state index in [9.17, 15) is 9.59 Å². The summed E-state index contributed by atoms with van der Waals surface area (Å²) in [6.07, 6.45) is 6.39. The van der Waals surface area contributed by atoms with E-state index < -0.39 is 0 Å². The number of amides is 2. The number of aromatic nitrogens is 4. The minimum absolute atomic E-state index is 0.000155. The van der Waals surface area contributed by atoms with Gasteiger partial charge in [-0.3, -0.25) is 9.59 Å². The number of aromatic amines is 1. The van der Waals surface area contributed by atoms with Gasteiger partial charge in [-0.2, -0.15) is 4.98 Å². The van der Waals surface area contributed by atoms with Gasteiger partial charge in [-0.1, -0.05) is 13.8 Å². The number of H-pyrrole nitrogens is 1. The molecule has 2 aromatic heterocycles. The second-order valence-corrected chi connectivity index (χ2v) is 9.54. The van der Waals surface area contributed by atoms with Gasteiger partial charge in [-0.25, -0.2) is 9.97 Å². The normalized spacial score (nSPS) is 20.7. The highest BCUT2D eigenvalue weighted by molar-refractivity contribution is 5.90. The summed E-state index contributed by atoms with van der Waals surface area (Å²) in [6, 6.07) is -0.329. The molecule has 0 bridgehead atoms. The molecule has 5 rings (SSSR count). The summed E-state index contributed by atoms with van der Waals surface area (Å²) in [4.78, 5) is 48.4. The van der Waals surface area contributed by atoms with Crippen molar-refractivity contribution in [2.75, 3.05) is 43.4 Å². The summed E-state index contributed by atoms with van der Waals surface area (Å²) in [6.45, 7) is 6.26. The Labute approximate surface area is 193 Å². The number of likely N-dealkylation sites (N-methyl/N-ethyl adjacent to an activating group) is 1. The maximum absolute atomic E-state index is 13.3. The topological polar surface area (TPSA) is 110 Å². The average Bonchev–Trinajstić information content (AvgIpc) is 3.55. The smallest absolute Gasteiger partial charge is 0.245 e. The maximum atomic E-state index is 13.3. The fraction of sp³-hybridized carbons (Fsp3) is 0.609. The fourth-order valence-corrected chi connectivity index (χ4v) is 4.88. The van der Waals surface area contributed by atoms with Crippen molar-refractivity contribution in [1.82, 2.24) is 29.7 Å². The third kappa shape index (κ3) is 4.14. The van der Waals surface area contributed by atoms with Crippen LogP contribution in [0.5, 0.6) is 0 Å². The number of hydrogen-bond acceptors (Lipinski definition) is 7. The van der Waals surface area contributed by atoms with Crippen molar-refractivity contribution in [3.8, 4) is 0 Å². The maximum Gasteiger partial charge on any atom is 0.245 e. The molecule has 4 heterocycles. The number of carbonyl (C=O) groups is 2. The third-order valence-corrected chi connectivity index (χ3v) is 6.94. The molecule has 2 N–H and O–H groups in total. The molecule has 0 radical (unpaired) electrons. The molecule has 2 aromatic rings. The van der Waals surface area contributed by atoms with Crippen molar-refractivity contribution in [1.29, 1.82) is 0 Å². The van der Waals surface area contributed by atoms with Crippen LogP contribution in [0.1, 0.15) is 56.0 Å². The molecule has 0 saturated carbocycles. The molecule has 0 unspecified atom stereocenters. The second-order valence-electron chi connectivity index (χ2n) is 9.54.